The SMILES string of the molecule is COc1ccc(CCC(=O)N2CCC(Oc3nc4c(F)cc(F)cc4s3)CC2)cc1. The largest absolute Gasteiger partial charge is 0.497 e. The maximum atomic E-state index is 13.8. The first kappa shape index (κ1) is 20.5. The molecule has 0 saturated carbocycles. The average molecular weight is 432 g/mol. The summed E-state index contributed by atoms with van der Waals surface area (Å²) in [6, 6.07) is 9.81. The van der Waals surface area contributed by atoms with Crippen molar-refractivity contribution in [3.63, 3.8) is 0 Å². The van der Waals surface area contributed by atoms with Gasteiger partial charge in [0.1, 0.15) is 23.2 Å². The van der Waals surface area contributed by atoms with E-state index in [1.165, 1.54) is 6.07 Å². The van der Waals surface area contributed by atoms with Gasteiger partial charge in [-0.1, -0.05) is 23.5 Å². The van der Waals surface area contributed by atoms with E-state index >= 15 is 0 Å². The van der Waals surface area contributed by atoms with Crippen molar-refractivity contribution in [1.82, 2.24) is 9.88 Å². The van der Waals surface area contributed by atoms with Gasteiger partial charge in [-0.3, -0.25) is 4.79 Å². The molecule has 158 valence electrons. The minimum atomic E-state index is -0.687. The number of hydrogen-bond acceptors (Lipinski definition) is 5. The average Bonchev–Trinajstić information content (AvgIpc) is 3.15. The number of ether oxygens (including phenoxy) is 2. The lowest BCUT2D eigenvalue weighted by Gasteiger charge is -2.31. The van der Waals surface area contributed by atoms with Gasteiger partial charge < -0.3 is 14.4 Å². The molecule has 5 nitrogen and oxygen atoms in total. The summed E-state index contributed by atoms with van der Waals surface area (Å²) in [7, 11) is 1.63. The monoisotopic (exact) mass is 432 g/mol. The minimum Gasteiger partial charge on any atom is -0.497 e. The smallest absolute Gasteiger partial charge is 0.274 e. The summed E-state index contributed by atoms with van der Waals surface area (Å²) in [5.41, 5.74) is 1.23. The molecular formula is C22H22F2N2O3S. The first-order valence-electron chi connectivity index (χ1n) is 9.85. The van der Waals surface area contributed by atoms with Gasteiger partial charge in [0.2, 0.25) is 5.91 Å². The zero-order chi connectivity index (χ0) is 21.1. The number of carbonyl (C=O) groups excluding carboxylic acids is 1. The maximum Gasteiger partial charge on any atom is 0.274 e. The number of methoxy groups -OCH3 is 1. The molecule has 30 heavy (non-hydrogen) atoms. The Balaban J connectivity index is 1.27. The van der Waals surface area contributed by atoms with E-state index < -0.39 is 11.6 Å². The second-order valence-electron chi connectivity index (χ2n) is 7.26. The van der Waals surface area contributed by atoms with Crippen LogP contribution in [-0.2, 0) is 11.2 Å². The van der Waals surface area contributed by atoms with Gasteiger partial charge in [-0.05, 0) is 30.2 Å². The normalized spacial score (nSPS) is 14.8. The minimum absolute atomic E-state index is 0.0934. The van der Waals surface area contributed by atoms with E-state index in [0.717, 1.165) is 28.7 Å². The number of benzene rings is 2. The lowest BCUT2D eigenvalue weighted by molar-refractivity contribution is -0.132. The van der Waals surface area contributed by atoms with E-state index in [1.807, 2.05) is 29.2 Å². The third-order valence-corrected chi connectivity index (χ3v) is 6.14. The third kappa shape index (κ3) is 4.70. The highest BCUT2D eigenvalue weighted by Crippen LogP contribution is 2.32. The van der Waals surface area contributed by atoms with Crippen molar-refractivity contribution in [1.29, 1.82) is 0 Å². The molecule has 4 rings (SSSR count). The predicted molar refractivity (Wildman–Crippen MR) is 111 cm³/mol. The van der Waals surface area contributed by atoms with Crippen LogP contribution in [0.5, 0.6) is 10.9 Å². The molecule has 1 aromatic heterocycles. The van der Waals surface area contributed by atoms with E-state index in [4.69, 9.17) is 9.47 Å². The molecule has 0 unspecified atom stereocenters. The summed E-state index contributed by atoms with van der Waals surface area (Å²) in [4.78, 5) is 18.5. The van der Waals surface area contributed by atoms with Crippen molar-refractivity contribution in [3.8, 4) is 10.9 Å². The lowest BCUT2D eigenvalue weighted by Crippen LogP contribution is -2.41. The van der Waals surface area contributed by atoms with Crippen LogP contribution in [0.15, 0.2) is 36.4 Å². The predicted octanol–water partition coefficient (Wildman–Crippen LogP) is 4.59. The molecule has 3 aromatic rings. The Morgan fingerprint density at radius 2 is 1.93 bits per heavy atom. The van der Waals surface area contributed by atoms with Crippen molar-refractivity contribution in [2.75, 3.05) is 20.2 Å². The summed E-state index contributed by atoms with van der Waals surface area (Å²) >= 11 is 1.13. The number of likely N-dealkylation sites (tertiary alicyclic amines) is 1. The van der Waals surface area contributed by atoms with Crippen molar-refractivity contribution >= 4 is 27.5 Å². The molecule has 1 saturated heterocycles. The van der Waals surface area contributed by atoms with Crippen LogP contribution in [0.3, 0.4) is 0 Å². The summed E-state index contributed by atoms with van der Waals surface area (Å²) in [5.74, 6) is -0.389. The van der Waals surface area contributed by atoms with Crippen LogP contribution in [0, 0.1) is 11.6 Å². The molecule has 1 amide bonds. The quantitative estimate of drug-likeness (QED) is 0.572. The number of hydrogen-bond donors (Lipinski definition) is 0. The number of piperidine rings is 1. The molecule has 2 aromatic carbocycles. The van der Waals surface area contributed by atoms with Gasteiger partial charge >= 0.3 is 0 Å². The number of aryl methyl sites for hydroxylation is 1. The van der Waals surface area contributed by atoms with Crippen molar-refractivity contribution in [3.05, 3.63) is 53.6 Å². The fourth-order valence-corrected chi connectivity index (χ4v) is 4.48. The molecule has 0 aliphatic carbocycles. The van der Waals surface area contributed by atoms with E-state index in [1.54, 1.807) is 7.11 Å². The Bertz CT molecular complexity index is 1030. The summed E-state index contributed by atoms with van der Waals surface area (Å²) in [5, 5.41) is 0.332. The topological polar surface area (TPSA) is 51.7 Å². The summed E-state index contributed by atoms with van der Waals surface area (Å²) in [6.45, 7) is 1.22. The highest BCUT2D eigenvalue weighted by Gasteiger charge is 2.25. The van der Waals surface area contributed by atoms with Crippen LogP contribution in [0.1, 0.15) is 24.8 Å². The first-order chi connectivity index (χ1) is 14.5. The second kappa shape index (κ2) is 8.95. The molecule has 2 heterocycles. The van der Waals surface area contributed by atoms with E-state index in [2.05, 4.69) is 4.98 Å². The molecule has 1 aliphatic rings. The number of rotatable bonds is 6. The van der Waals surface area contributed by atoms with E-state index in [0.29, 0.717) is 48.7 Å². The van der Waals surface area contributed by atoms with Crippen LogP contribution < -0.4 is 9.47 Å². The molecule has 1 aliphatic heterocycles. The maximum absolute atomic E-state index is 13.8. The van der Waals surface area contributed by atoms with Gasteiger partial charge in [0.15, 0.2) is 5.82 Å². The molecule has 0 N–H and O–H groups in total. The Hall–Kier alpha value is -2.74. The van der Waals surface area contributed by atoms with Gasteiger partial charge in [-0.25, -0.2) is 8.78 Å². The second-order valence-corrected chi connectivity index (χ2v) is 8.25. The Morgan fingerprint density at radius 3 is 2.63 bits per heavy atom. The zero-order valence-corrected chi connectivity index (χ0v) is 17.4. The van der Waals surface area contributed by atoms with Crippen molar-refractivity contribution in [2.24, 2.45) is 0 Å². The molecular weight excluding hydrogens is 410 g/mol. The molecule has 0 radical (unpaired) electrons. The fraction of sp³-hybridized carbons (Fsp3) is 0.364. The Morgan fingerprint density at radius 1 is 1.20 bits per heavy atom. The highest BCUT2D eigenvalue weighted by molar-refractivity contribution is 7.20. The number of nitrogens with zero attached hydrogens (tertiary/aromatic N) is 2. The van der Waals surface area contributed by atoms with E-state index in [9.17, 15) is 13.6 Å². The highest BCUT2D eigenvalue weighted by atomic mass is 32.1. The molecule has 0 bridgehead atoms. The van der Waals surface area contributed by atoms with Crippen LogP contribution in [-0.4, -0.2) is 42.1 Å². The molecule has 0 atom stereocenters. The summed E-state index contributed by atoms with van der Waals surface area (Å²) < 4.78 is 38.6. The molecule has 1 fully saturated rings. The lowest BCUT2D eigenvalue weighted by atomic mass is 10.1. The van der Waals surface area contributed by atoms with Gasteiger partial charge in [-0.2, -0.15) is 4.98 Å². The number of aromatic nitrogens is 1. The number of fused-ring (bicyclic) bond motifs is 1. The number of thiazole rings is 1. The van der Waals surface area contributed by atoms with Gasteiger partial charge in [0, 0.05) is 38.4 Å². The van der Waals surface area contributed by atoms with Crippen LogP contribution >= 0.6 is 11.3 Å². The first-order valence-corrected chi connectivity index (χ1v) is 10.7. The van der Waals surface area contributed by atoms with Crippen molar-refractivity contribution in [2.45, 2.75) is 31.8 Å². The number of carbonyl (C=O) groups is 1. The third-order valence-electron chi connectivity index (χ3n) is 5.24. The van der Waals surface area contributed by atoms with Crippen LogP contribution in [0.25, 0.3) is 10.2 Å². The summed E-state index contributed by atoms with van der Waals surface area (Å²) in [6.07, 6.45) is 2.42. The molecule has 8 heteroatoms. The van der Waals surface area contributed by atoms with E-state index in [-0.39, 0.29) is 17.5 Å². The standard InChI is InChI=1S/C22H22F2N2O3S/c1-28-16-5-2-14(3-6-16)4-7-20(27)26-10-8-17(9-11-26)29-22-25-21-18(24)12-15(23)13-19(21)30-22/h2-3,5-6,12-13,17H,4,7-11H2,1H3. The van der Waals surface area contributed by atoms with Crippen LogP contribution in [0.2, 0.25) is 0 Å². The zero-order valence-electron chi connectivity index (χ0n) is 16.6. The Labute approximate surface area is 177 Å². The van der Waals surface area contributed by atoms with Gasteiger partial charge in [0.25, 0.3) is 5.19 Å². The van der Waals surface area contributed by atoms with Crippen molar-refractivity contribution < 1.29 is 23.0 Å². The number of amides is 1. The van der Waals surface area contributed by atoms with Gasteiger partial charge in [0.05, 0.1) is 11.8 Å². The Kier molecular flexibility index (Phi) is 6.13. The fourth-order valence-electron chi connectivity index (χ4n) is 3.55. The van der Waals surface area contributed by atoms with Crippen LogP contribution in [0.4, 0.5) is 8.78 Å². The van der Waals surface area contributed by atoms with Gasteiger partial charge in [-0.15, -0.1) is 0 Å². The number of halogens is 2. The molecule has 0 spiro atoms.